The molecule has 0 aliphatic carbocycles. The Morgan fingerprint density at radius 3 is 1.18 bits per heavy atom. The number of carbonyl (C=O) groups excluding carboxylic acids is 2. The van der Waals surface area contributed by atoms with Gasteiger partial charge in [0.2, 0.25) is 5.91 Å². The average molecular weight is 1300 g/mol. The van der Waals surface area contributed by atoms with Gasteiger partial charge in [0.05, 0.1) is 25.4 Å². The number of hydrogen-bond donors (Lipinski definition) is 6. The van der Waals surface area contributed by atoms with Crippen molar-refractivity contribution < 1.29 is 49.3 Å². The Kier molecular flexibility index (Phi) is 63.7. The topological polar surface area (TPSA) is 175 Å². The van der Waals surface area contributed by atoms with E-state index in [-0.39, 0.29) is 19.4 Å². The fourth-order valence-corrected chi connectivity index (χ4v) is 11.4. The number of aliphatic hydroxyl groups excluding tert-OH is 5. The van der Waals surface area contributed by atoms with Crippen molar-refractivity contribution in [2.45, 2.75) is 372 Å². The maximum atomic E-state index is 13.5. The van der Waals surface area contributed by atoms with Crippen molar-refractivity contribution in [3.05, 3.63) is 122 Å². The molecule has 93 heavy (non-hydrogen) atoms. The highest BCUT2D eigenvalue weighted by atomic mass is 16.7. The second kappa shape index (κ2) is 68.0. The van der Waals surface area contributed by atoms with Gasteiger partial charge in [-0.3, -0.25) is 9.59 Å². The lowest BCUT2D eigenvalue weighted by Gasteiger charge is -2.41. The third-order valence-corrected chi connectivity index (χ3v) is 17.3. The molecular weight excluding hydrogens is 1160 g/mol. The van der Waals surface area contributed by atoms with E-state index in [1.165, 1.54) is 154 Å². The minimum absolute atomic E-state index is 0.108. The highest BCUT2D eigenvalue weighted by Gasteiger charge is 2.47. The maximum Gasteiger partial charge on any atom is 0.306 e. The summed E-state index contributed by atoms with van der Waals surface area (Å²) >= 11 is 0. The Balaban J connectivity index is 2.51. The predicted octanol–water partition coefficient (Wildman–Crippen LogP) is 20.5. The molecule has 8 atom stereocenters. The molecule has 11 nitrogen and oxygen atoms in total. The summed E-state index contributed by atoms with van der Waals surface area (Å²) in [6.45, 7) is 5.67. The summed E-state index contributed by atoms with van der Waals surface area (Å²) in [5.41, 5.74) is 0. The highest BCUT2D eigenvalue weighted by molar-refractivity contribution is 5.80. The number of rotatable bonds is 65. The van der Waals surface area contributed by atoms with Gasteiger partial charge in [-0.1, -0.05) is 322 Å². The number of carbonyl (C=O) groups is 2. The molecule has 0 aromatic carbocycles. The third kappa shape index (κ3) is 54.8. The first-order valence-electron chi connectivity index (χ1n) is 38.3. The molecule has 1 aliphatic rings. The SMILES string of the molecule is CC/C=C\C/C=C\C/C=C\C/C=C\C/C=C\C/C=C\CCCCCCCCCCC(=O)OC1C(OCC(NC(=O)C(O)CCCCCCCCCCCCCCC/C=C\C/C=C\C/C=C\CCCCC)C(O)/C=C/CCCCCCCCCCC)OC(CO)C(O)C1O. The van der Waals surface area contributed by atoms with E-state index in [0.29, 0.717) is 12.8 Å². The molecule has 8 unspecified atom stereocenters. The number of nitrogens with one attached hydrogen (secondary N) is 1. The van der Waals surface area contributed by atoms with Crippen LogP contribution in [0.3, 0.4) is 0 Å². The fourth-order valence-electron chi connectivity index (χ4n) is 11.4. The van der Waals surface area contributed by atoms with Crippen LogP contribution in [0.4, 0.5) is 0 Å². The Hall–Kier alpha value is -3.94. The van der Waals surface area contributed by atoms with Crippen molar-refractivity contribution in [2.75, 3.05) is 13.2 Å². The van der Waals surface area contributed by atoms with E-state index in [9.17, 15) is 35.1 Å². The Morgan fingerprint density at radius 2 is 0.774 bits per heavy atom. The molecule has 0 bridgehead atoms. The van der Waals surface area contributed by atoms with E-state index in [1.54, 1.807) is 6.08 Å². The van der Waals surface area contributed by atoms with Crippen molar-refractivity contribution in [2.24, 2.45) is 0 Å². The van der Waals surface area contributed by atoms with Gasteiger partial charge in [0.1, 0.15) is 24.4 Å². The van der Waals surface area contributed by atoms with Crippen LogP contribution in [0.25, 0.3) is 0 Å². The first-order valence-corrected chi connectivity index (χ1v) is 38.3. The zero-order valence-corrected chi connectivity index (χ0v) is 59.6. The van der Waals surface area contributed by atoms with Crippen LogP contribution in [0.5, 0.6) is 0 Å². The summed E-state index contributed by atoms with van der Waals surface area (Å²) in [7, 11) is 0. The summed E-state index contributed by atoms with van der Waals surface area (Å²) in [5, 5.41) is 57.3. The first kappa shape index (κ1) is 87.1. The van der Waals surface area contributed by atoms with Gasteiger partial charge in [0, 0.05) is 6.42 Å². The van der Waals surface area contributed by atoms with Crippen LogP contribution in [-0.4, -0.2) is 99.6 Å². The monoisotopic (exact) mass is 1300 g/mol. The van der Waals surface area contributed by atoms with E-state index < -0.39 is 67.4 Å². The van der Waals surface area contributed by atoms with Gasteiger partial charge in [0.15, 0.2) is 12.4 Å². The van der Waals surface area contributed by atoms with Crippen molar-refractivity contribution >= 4 is 11.9 Å². The molecule has 0 radical (unpaired) electrons. The normalized spacial score (nSPS) is 18.6. The molecule has 1 saturated heterocycles. The Morgan fingerprint density at radius 1 is 0.430 bits per heavy atom. The van der Waals surface area contributed by atoms with E-state index in [1.807, 2.05) is 6.08 Å². The Labute approximate surface area is 570 Å². The number of unbranched alkanes of at least 4 members (excludes halogenated alkanes) is 33. The second-order valence-electron chi connectivity index (χ2n) is 26.0. The van der Waals surface area contributed by atoms with E-state index >= 15 is 0 Å². The third-order valence-electron chi connectivity index (χ3n) is 17.3. The van der Waals surface area contributed by atoms with Gasteiger partial charge < -0.3 is 45.1 Å². The quantitative estimate of drug-likeness (QED) is 0.0195. The summed E-state index contributed by atoms with van der Waals surface area (Å²) in [6, 6.07) is -1.03. The molecule has 0 saturated carbocycles. The van der Waals surface area contributed by atoms with Gasteiger partial charge in [-0.05, 0) is 116 Å². The lowest BCUT2D eigenvalue weighted by molar-refractivity contribution is -0.305. The Bertz CT molecular complexity index is 1980. The van der Waals surface area contributed by atoms with Crippen LogP contribution in [0.15, 0.2) is 122 Å². The maximum absolute atomic E-state index is 13.5. The van der Waals surface area contributed by atoms with Gasteiger partial charge in [-0.25, -0.2) is 0 Å². The number of ether oxygens (including phenoxy) is 3. The average Bonchev–Trinajstić information content (AvgIpc) is 0.842. The molecule has 1 aliphatic heterocycles. The highest BCUT2D eigenvalue weighted by Crippen LogP contribution is 2.26. The van der Waals surface area contributed by atoms with Crippen LogP contribution < -0.4 is 5.32 Å². The molecule has 6 N–H and O–H groups in total. The van der Waals surface area contributed by atoms with Gasteiger partial charge >= 0.3 is 5.97 Å². The molecule has 1 heterocycles. The minimum atomic E-state index is -1.63. The van der Waals surface area contributed by atoms with Crippen molar-refractivity contribution in [3.8, 4) is 0 Å². The molecule has 1 rings (SSSR count). The van der Waals surface area contributed by atoms with Gasteiger partial charge in [-0.2, -0.15) is 0 Å². The van der Waals surface area contributed by atoms with Crippen molar-refractivity contribution in [1.82, 2.24) is 5.32 Å². The van der Waals surface area contributed by atoms with E-state index in [4.69, 9.17) is 14.2 Å². The fraction of sp³-hybridized carbons (Fsp3) is 0.732. The zero-order valence-electron chi connectivity index (χ0n) is 59.6. The molecule has 1 fully saturated rings. The molecule has 1 amide bonds. The van der Waals surface area contributed by atoms with Crippen molar-refractivity contribution in [1.29, 1.82) is 0 Å². The van der Waals surface area contributed by atoms with E-state index in [0.717, 1.165) is 122 Å². The smallest absolute Gasteiger partial charge is 0.306 e. The summed E-state index contributed by atoms with van der Waals surface area (Å²) in [6.07, 6.45) is 85.3. The number of amides is 1. The molecule has 0 aromatic heterocycles. The summed E-state index contributed by atoms with van der Waals surface area (Å²) < 4.78 is 17.7. The van der Waals surface area contributed by atoms with Crippen LogP contribution in [0.1, 0.15) is 323 Å². The largest absolute Gasteiger partial charge is 0.454 e. The number of esters is 1. The van der Waals surface area contributed by atoms with Gasteiger partial charge in [-0.15, -0.1) is 0 Å². The van der Waals surface area contributed by atoms with E-state index in [2.05, 4.69) is 135 Å². The van der Waals surface area contributed by atoms with Crippen molar-refractivity contribution in [3.63, 3.8) is 0 Å². The molecular formula is C82H141NO10. The number of aliphatic hydroxyl groups is 5. The predicted molar refractivity (Wildman–Crippen MR) is 393 cm³/mol. The lowest BCUT2D eigenvalue weighted by atomic mass is 9.99. The van der Waals surface area contributed by atoms with Gasteiger partial charge in [0.25, 0.3) is 0 Å². The minimum Gasteiger partial charge on any atom is -0.454 e. The number of allylic oxidation sites excluding steroid dienone is 19. The standard InChI is InChI=1S/C82H141NO10/c1-4-7-10-13-16-19-22-24-26-28-30-32-34-36-38-40-42-44-46-48-50-52-55-58-61-64-67-70-77(87)93-80-79(89)78(88)76(71-84)92-82(80)91-72-73(74(85)68-65-62-59-56-53-21-18-15-12-9-6-3)83-81(90)75(86)69-66-63-60-57-54-51-49-47-45-43-41-39-37-35-33-31-29-27-25-23-20-17-14-11-8-5-2/h7,10,16-17,19-20,24-27,30-33,36,38,42,44,65,68,73-76,78-80,82,84-86,88-89H,4-6,8-9,11-15,18,21-23,28-29,34-35,37,39-41,43,45-64,66-67,69-72H2,1-3H3,(H,83,90)/b10-7-,19-16-,20-17-,26-24-,27-25-,32-30-,33-31-,38-36-,44-42-,68-65+. The van der Waals surface area contributed by atoms with Crippen LogP contribution >= 0.6 is 0 Å². The number of hydrogen-bond acceptors (Lipinski definition) is 10. The molecule has 534 valence electrons. The van der Waals surface area contributed by atoms with Crippen LogP contribution in [0, 0.1) is 0 Å². The summed E-state index contributed by atoms with van der Waals surface area (Å²) in [5.74, 6) is -1.20. The second-order valence-corrected chi connectivity index (χ2v) is 26.0. The lowest BCUT2D eigenvalue weighted by Crippen LogP contribution is -2.61. The summed E-state index contributed by atoms with van der Waals surface area (Å²) in [4.78, 5) is 26.7. The van der Waals surface area contributed by atoms with Crippen LogP contribution in [-0.2, 0) is 23.8 Å². The zero-order chi connectivity index (χ0) is 67.4. The molecule has 0 aromatic rings. The first-order chi connectivity index (χ1) is 45.7. The van der Waals surface area contributed by atoms with Crippen LogP contribution in [0.2, 0.25) is 0 Å². The molecule has 0 spiro atoms. The molecule has 11 heteroatoms.